The Morgan fingerprint density at radius 2 is 1.94 bits per heavy atom. The summed E-state index contributed by atoms with van der Waals surface area (Å²) in [7, 11) is 0. The lowest BCUT2D eigenvalue weighted by Crippen LogP contribution is -2.16. The van der Waals surface area contributed by atoms with Crippen LogP contribution in [0.1, 0.15) is 23.7 Å². The highest BCUT2D eigenvalue weighted by molar-refractivity contribution is 5.56. The van der Waals surface area contributed by atoms with Gasteiger partial charge in [0.2, 0.25) is 0 Å². The van der Waals surface area contributed by atoms with Crippen molar-refractivity contribution in [2.24, 2.45) is 0 Å². The van der Waals surface area contributed by atoms with E-state index in [4.69, 9.17) is 0 Å². The Morgan fingerprint density at radius 1 is 1.16 bits per heavy atom. The average molecular weight is 429 g/mol. The van der Waals surface area contributed by atoms with E-state index in [1.54, 1.807) is 6.07 Å². The number of hydrogen-bond donors (Lipinski definition) is 2. The highest BCUT2D eigenvalue weighted by Crippen LogP contribution is 2.24. The van der Waals surface area contributed by atoms with Gasteiger partial charge in [0.05, 0.1) is 5.70 Å². The van der Waals surface area contributed by atoms with Crippen molar-refractivity contribution >= 4 is 5.82 Å². The molecule has 3 rings (SSSR count). The molecule has 4 nitrogen and oxygen atoms in total. The van der Waals surface area contributed by atoms with E-state index in [9.17, 15) is 4.39 Å². The number of nitrogens with zero attached hydrogens (tertiary/aromatic N) is 2. The van der Waals surface area contributed by atoms with Crippen molar-refractivity contribution in [3.63, 3.8) is 0 Å². The normalized spacial score (nSPS) is 14.0. The van der Waals surface area contributed by atoms with Crippen molar-refractivity contribution in [2.75, 3.05) is 5.32 Å². The molecule has 1 aromatic heterocycles. The Labute approximate surface area is 189 Å². The van der Waals surface area contributed by atoms with Crippen LogP contribution in [0, 0.1) is 19.7 Å². The van der Waals surface area contributed by atoms with E-state index in [-0.39, 0.29) is 5.82 Å². The molecule has 1 aliphatic rings. The van der Waals surface area contributed by atoms with Gasteiger partial charge in [0.25, 0.3) is 0 Å². The second-order valence-electron chi connectivity index (χ2n) is 7.56. The van der Waals surface area contributed by atoms with E-state index >= 15 is 0 Å². The van der Waals surface area contributed by atoms with Crippen molar-refractivity contribution in [2.45, 2.75) is 27.3 Å². The molecule has 0 atom stereocenters. The molecule has 0 fully saturated rings. The van der Waals surface area contributed by atoms with Crippen LogP contribution in [0.4, 0.5) is 10.2 Å². The van der Waals surface area contributed by atoms with Crippen molar-refractivity contribution in [3.05, 3.63) is 132 Å². The van der Waals surface area contributed by atoms with Gasteiger partial charge in [-0.1, -0.05) is 37.4 Å². The molecule has 0 spiro atoms. The maximum Gasteiger partial charge on any atom is 0.130 e. The Bertz CT molecular complexity index is 1120. The van der Waals surface area contributed by atoms with Gasteiger partial charge in [0.15, 0.2) is 0 Å². The second kappa shape index (κ2) is 10.4. The Morgan fingerprint density at radius 3 is 2.66 bits per heavy atom. The number of aryl methyl sites for hydroxylation is 2. The molecule has 0 saturated carbocycles. The van der Waals surface area contributed by atoms with E-state index < -0.39 is 0 Å². The quantitative estimate of drug-likeness (QED) is 0.488. The van der Waals surface area contributed by atoms with Crippen LogP contribution in [0.15, 0.2) is 109 Å². The molecule has 0 unspecified atom stereocenters. The summed E-state index contributed by atoms with van der Waals surface area (Å²) in [5.74, 6) is 0.500. The van der Waals surface area contributed by atoms with Gasteiger partial charge in [-0.25, -0.2) is 9.37 Å². The van der Waals surface area contributed by atoms with Gasteiger partial charge in [0, 0.05) is 47.2 Å². The lowest BCUT2D eigenvalue weighted by Gasteiger charge is -2.23. The second-order valence-corrected chi connectivity index (χ2v) is 7.56. The lowest BCUT2D eigenvalue weighted by atomic mass is 10.1. The zero-order valence-electron chi connectivity index (χ0n) is 18.8. The molecule has 1 aromatic carbocycles. The summed E-state index contributed by atoms with van der Waals surface area (Å²) < 4.78 is 14.2. The number of anilines is 1. The Hall–Kier alpha value is -3.86. The van der Waals surface area contributed by atoms with Gasteiger partial charge < -0.3 is 15.5 Å². The number of pyridine rings is 1. The predicted molar refractivity (Wildman–Crippen MR) is 131 cm³/mol. The molecule has 0 saturated heterocycles. The van der Waals surface area contributed by atoms with E-state index in [0.29, 0.717) is 17.8 Å². The molecular formula is C27H29FN4. The van der Waals surface area contributed by atoms with Crippen LogP contribution in [0.2, 0.25) is 0 Å². The topological polar surface area (TPSA) is 40.2 Å². The number of nitrogens with one attached hydrogen (secondary N) is 2. The number of rotatable bonds is 8. The fourth-order valence-corrected chi connectivity index (χ4v) is 3.27. The SMILES string of the molecule is C=C(/C=C(\Nc1cccc(C)n1)C1=CN(/C=C\C)C(=C)C=C1)NCc1c(C)cccc1F. The monoisotopic (exact) mass is 428 g/mol. The van der Waals surface area contributed by atoms with Gasteiger partial charge in [-0.05, 0) is 62.8 Å². The van der Waals surface area contributed by atoms with Crippen LogP contribution in [0.3, 0.4) is 0 Å². The first kappa shape index (κ1) is 22.8. The molecule has 0 radical (unpaired) electrons. The maximum atomic E-state index is 14.2. The van der Waals surface area contributed by atoms with Crippen molar-refractivity contribution < 1.29 is 4.39 Å². The minimum absolute atomic E-state index is 0.227. The fraction of sp³-hybridized carbons (Fsp3) is 0.148. The first-order valence-electron chi connectivity index (χ1n) is 10.5. The van der Waals surface area contributed by atoms with Crippen LogP contribution in [-0.4, -0.2) is 9.88 Å². The molecule has 1 aliphatic heterocycles. The van der Waals surface area contributed by atoms with Gasteiger partial charge in [0.1, 0.15) is 11.6 Å². The number of hydrogen-bond acceptors (Lipinski definition) is 4. The van der Waals surface area contributed by atoms with Gasteiger partial charge >= 0.3 is 0 Å². The Kier molecular flexibility index (Phi) is 7.45. The summed E-state index contributed by atoms with van der Waals surface area (Å²) in [6.45, 7) is 14.3. The molecule has 32 heavy (non-hydrogen) atoms. The molecule has 2 N–H and O–H groups in total. The molecule has 2 heterocycles. The number of benzene rings is 1. The smallest absolute Gasteiger partial charge is 0.130 e. The molecule has 5 heteroatoms. The average Bonchev–Trinajstić information content (AvgIpc) is 2.75. The van der Waals surface area contributed by atoms with Crippen LogP contribution < -0.4 is 10.6 Å². The number of allylic oxidation sites excluding steroid dienone is 4. The first-order chi connectivity index (χ1) is 15.4. The van der Waals surface area contributed by atoms with Crippen molar-refractivity contribution in [3.8, 4) is 0 Å². The third kappa shape index (κ3) is 5.85. The highest BCUT2D eigenvalue weighted by Gasteiger charge is 2.12. The van der Waals surface area contributed by atoms with Gasteiger partial charge in [-0.3, -0.25) is 0 Å². The summed E-state index contributed by atoms with van der Waals surface area (Å²) in [4.78, 5) is 6.51. The molecule has 164 valence electrons. The minimum Gasteiger partial charge on any atom is -0.381 e. The summed E-state index contributed by atoms with van der Waals surface area (Å²) in [6, 6.07) is 10.9. The van der Waals surface area contributed by atoms with Crippen LogP contribution >= 0.6 is 0 Å². The van der Waals surface area contributed by atoms with Crippen molar-refractivity contribution in [1.29, 1.82) is 0 Å². The van der Waals surface area contributed by atoms with Crippen molar-refractivity contribution in [1.82, 2.24) is 15.2 Å². The summed E-state index contributed by atoms with van der Waals surface area (Å²) in [5, 5.41) is 6.62. The summed E-state index contributed by atoms with van der Waals surface area (Å²) in [6.07, 6.45) is 11.7. The van der Waals surface area contributed by atoms with Gasteiger partial charge in [-0.15, -0.1) is 0 Å². The highest BCUT2D eigenvalue weighted by atomic mass is 19.1. The molecular weight excluding hydrogens is 399 g/mol. The molecule has 0 amide bonds. The predicted octanol–water partition coefficient (Wildman–Crippen LogP) is 6.24. The van der Waals surface area contributed by atoms with E-state index in [0.717, 1.165) is 34.0 Å². The fourth-order valence-electron chi connectivity index (χ4n) is 3.27. The Balaban J connectivity index is 1.88. The standard InChI is InChI=1S/C27H29FN4/c1-6-15-32-18-23(14-13-22(32)5)26(31-27-12-8-10-20(3)30-27)16-21(4)29-17-24-19(2)9-7-11-25(24)28/h6-16,18,29H,4-5,17H2,1-3H3,(H,30,31)/b15-6-,26-16-. The first-order valence-corrected chi connectivity index (χ1v) is 10.5. The van der Waals surface area contributed by atoms with E-state index in [1.807, 2.05) is 86.6 Å². The zero-order valence-corrected chi connectivity index (χ0v) is 18.8. The van der Waals surface area contributed by atoms with E-state index in [2.05, 4.69) is 28.8 Å². The van der Waals surface area contributed by atoms with Crippen LogP contribution in [0.25, 0.3) is 0 Å². The van der Waals surface area contributed by atoms with E-state index in [1.165, 1.54) is 6.07 Å². The third-order valence-corrected chi connectivity index (χ3v) is 5.00. The largest absolute Gasteiger partial charge is 0.381 e. The number of aromatic nitrogens is 1. The zero-order chi connectivity index (χ0) is 23.1. The summed E-state index contributed by atoms with van der Waals surface area (Å²) in [5.41, 5.74) is 5.71. The minimum atomic E-state index is -0.227. The maximum absolute atomic E-state index is 14.2. The lowest BCUT2D eigenvalue weighted by molar-refractivity contribution is 0.600. The molecule has 0 bridgehead atoms. The van der Waals surface area contributed by atoms with Gasteiger partial charge in [-0.2, -0.15) is 0 Å². The van der Waals surface area contributed by atoms with Crippen LogP contribution in [0.5, 0.6) is 0 Å². The third-order valence-electron chi connectivity index (χ3n) is 5.00. The molecule has 2 aromatic rings. The molecule has 0 aliphatic carbocycles. The van der Waals surface area contributed by atoms with Crippen LogP contribution in [-0.2, 0) is 6.54 Å². The number of halogens is 1. The summed E-state index contributed by atoms with van der Waals surface area (Å²) >= 11 is 0.